The standard InChI is InChI=1S/C19H27NO/c1-5-16-12-13-17(14(3)4)18(20(16)6-2)19(21)15-10-8-7-9-11-15/h5-6,12-13,15,19,21H,2-3,7-11H2,1,4H3/b16-5-. The minimum absolute atomic E-state index is 0.343. The average Bonchev–Trinajstić information content (AvgIpc) is 2.53. The largest absolute Gasteiger partial charge is 0.387 e. The first-order valence-corrected chi connectivity index (χ1v) is 7.94. The fraction of sp³-hybridized carbons (Fsp3) is 0.474. The van der Waals surface area contributed by atoms with E-state index >= 15 is 0 Å². The molecular formula is C19H27NO. The van der Waals surface area contributed by atoms with Gasteiger partial charge >= 0.3 is 0 Å². The van der Waals surface area contributed by atoms with Crippen molar-refractivity contribution in [2.24, 2.45) is 5.92 Å². The monoisotopic (exact) mass is 285 g/mol. The molecule has 1 N–H and O–H groups in total. The van der Waals surface area contributed by atoms with E-state index < -0.39 is 6.10 Å². The Morgan fingerprint density at radius 3 is 2.52 bits per heavy atom. The zero-order valence-electron chi connectivity index (χ0n) is 13.3. The van der Waals surface area contributed by atoms with Gasteiger partial charge in [0.15, 0.2) is 0 Å². The second-order valence-corrected chi connectivity index (χ2v) is 6.02. The Kier molecular flexibility index (Phi) is 5.24. The van der Waals surface area contributed by atoms with Gasteiger partial charge in [-0.15, -0.1) is 0 Å². The SMILES string of the molecule is C=CN1C(C(O)C2CCCCC2)=C(C(=C)C)C=C/C1=C/C. The van der Waals surface area contributed by atoms with E-state index in [0.717, 1.165) is 35.4 Å². The van der Waals surface area contributed by atoms with Crippen molar-refractivity contribution in [2.75, 3.05) is 0 Å². The van der Waals surface area contributed by atoms with E-state index in [1.165, 1.54) is 19.3 Å². The number of hydrogen-bond acceptors (Lipinski definition) is 2. The molecule has 2 rings (SSSR count). The van der Waals surface area contributed by atoms with Crippen molar-refractivity contribution < 1.29 is 5.11 Å². The Morgan fingerprint density at radius 1 is 1.33 bits per heavy atom. The van der Waals surface area contributed by atoms with Crippen LogP contribution in [0.15, 0.2) is 60.1 Å². The average molecular weight is 285 g/mol. The van der Waals surface area contributed by atoms with E-state index in [1.807, 2.05) is 24.8 Å². The lowest BCUT2D eigenvalue weighted by molar-refractivity contribution is 0.0973. The predicted octanol–water partition coefficient (Wildman–Crippen LogP) is 4.68. The molecule has 1 fully saturated rings. The normalized spacial score (nSPS) is 23.6. The van der Waals surface area contributed by atoms with E-state index in [9.17, 15) is 5.11 Å². The van der Waals surface area contributed by atoms with E-state index in [-0.39, 0.29) is 0 Å². The van der Waals surface area contributed by atoms with E-state index in [2.05, 4.69) is 25.3 Å². The summed E-state index contributed by atoms with van der Waals surface area (Å²) in [6.45, 7) is 12.0. The third kappa shape index (κ3) is 3.21. The van der Waals surface area contributed by atoms with Gasteiger partial charge in [0.1, 0.15) is 0 Å². The number of allylic oxidation sites excluding steroid dienone is 5. The van der Waals surface area contributed by atoms with Gasteiger partial charge < -0.3 is 10.0 Å². The van der Waals surface area contributed by atoms with Gasteiger partial charge in [0, 0.05) is 11.9 Å². The van der Waals surface area contributed by atoms with Crippen LogP contribution >= 0.6 is 0 Å². The highest BCUT2D eigenvalue weighted by atomic mass is 16.3. The fourth-order valence-electron chi connectivity index (χ4n) is 3.38. The molecule has 1 aliphatic heterocycles. The van der Waals surface area contributed by atoms with Crippen molar-refractivity contribution in [1.29, 1.82) is 0 Å². The summed E-state index contributed by atoms with van der Waals surface area (Å²) in [7, 11) is 0. The van der Waals surface area contributed by atoms with Crippen LogP contribution in [0.25, 0.3) is 0 Å². The number of rotatable bonds is 4. The fourth-order valence-corrected chi connectivity index (χ4v) is 3.38. The Balaban J connectivity index is 2.42. The molecule has 1 aliphatic carbocycles. The number of aliphatic hydroxyl groups is 1. The van der Waals surface area contributed by atoms with Crippen LogP contribution in [0.4, 0.5) is 0 Å². The van der Waals surface area contributed by atoms with Crippen molar-refractivity contribution in [3.63, 3.8) is 0 Å². The third-order valence-electron chi connectivity index (χ3n) is 4.55. The van der Waals surface area contributed by atoms with E-state index in [1.54, 1.807) is 6.20 Å². The molecule has 0 saturated heterocycles. The number of hydrogen-bond donors (Lipinski definition) is 1. The second-order valence-electron chi connectivity index (χ2n) is 6.02. The summed E-state index contributed by atoms with van der Waals surface area (Å²) in [4.78, 5) is 2.02. The maximum Gasteiger partial charge on any atom is 0.0977 e. The Labute approximate surface area is 128 Å². The minimum atomic E-state index is -0.449. The predicted molar refractivity (Wildman–Crippen MR) is 89.4 cm³/mol. The molecule has 114 valence electrons. The van der Waals surface area contributed by atoms with Crippen LogP contribution in [-0.2, 0) is 0 Å². The summed E-state index contributed by atoms with van der Waals surface area (Å²) in [5.74, 6) is 0.343. The first-order valence-electron chi connectivity index (χ1n) is 7.94. The van der Waals surface area contributed by atoms with Gasteiger partial charge in [-0.05, 0) is 49.8 Å². The van der Waals surface area contributed by atoms with Crippen LogP contribution in [0.5, 0.6) is 0 Å². The van der Waals surface area contributed by atoms with Gasteiger partial charge in [0.2, 0.25) is 0 Å². The molecule has 0 amide bonds. The van der Waals surface area contributed by atoms with Crippen molar-refractivity contribution >= 4 is 0 Å². The van der Waals surface area contributed by atoms with Gasteiger partial charge in [0.25, 0.3) is 0 Å². The number of aliphatic hydroxyl groups excluding tert-OH is 1. The van der Waals surface area contributed by atoms with Gasteiger partial charge in [-0.2, -0.15) is 0 Å². The molecule has 0 aromatic rings. The molecule has 0 radical (unpaired) electrons. The first kappa shape index (κ1) is 15.8. The molecule has 2 aliphatic rings. The van der Waals surface area contributed by atoms with Gasteiger partial charge in [-0.1, -0.05) is 44.6 Å². The van der Waals surface area contributed by atoms with Crippen LogP contribution in [-0.4, -0.2) is 16.1 Å². The highest BCUT2D eigenvalue weighted by molar-refractivity contribution is 5.50. The van der Waals surface area contributed by atoms with Gasteiger partial charge in [-0.25, -0.2) is 0 Å². The molecule has 1 atom stereocenters. The maximum absolute atomic E-state index is 11.0. The van der Waals surface area contributed by atoms with Crippen molar-refractivity contribution in [2.45, 2.75) is 52.1 Å². The number of nitrogens with zero attached hydrogens (tertiary/aromatic N) is 1. The van der Waals surface area contributed by atoms with Gasteiger partial charge in [-0.3, -0.25) is 0 Å². The molecular weight excluding hydrogens is 258 g/mol. The van der Waals surface area contributed by atoms with Crippen LogP contribution in [0, 0.1) is 5.92 Å². The highest BCUT2D eigenvalue weighted by Crippen LogP contribution is 2.36. The minimum Gasteiger partial charge on any atom is -0.387 e. The molecule has 1 unspecified atom stereocenters. The second kappa shape index (κ2) is 6.95. The zero-order valence-corrected chi connectivity index (χ0v) is 13.3. The molecule has 1 heterocycles. The Hall–Kier alpha value is -1.54. The summed E-state index contributed by atoms with van der Waals surface area (Å²) >= 11 is 0. The highest BCUT2D eigenvalue weighted by Gasteiger charge is 2.31. The summed E-state index contributed by atoms with van der Waals surface area (Å²) in [5.41, 5.74) is 4.02. The maximum atomic E-state index is 11.0. The van der Waals surface area contributed by atoms with Crippen LogP contribution in [0.3, 0.4) is 0 Å². The van der Waals surface area contributed by atoms with Gasteiger partial charge in [0.05, 0.1) is 11.8 Å². The molecule has 21 heavy (non-hydrogen) atoms. The molecule has 0 aromatic heterocycles. The topological polar surface area (TPSA) is 23.5 Å². The summed E-state index contributed by atoms with van der Waals surface area (Å²) < 4.78 is 0. The smallest absolute Gasteiger partial charge is 0.0977 e. The van der Waals surface area contributed by atoms with Crippen molar-refractivity contribution in [3.05, 3.63) is 60.1 Å². The molecule has 0 bridgehead atoms. The lowest BCUT2D eigenvalue weighted by atomic mass is 9.82. The molecule has 0 spiro atoms. The molecule has 2 nitrogen and oxygen atoms in total. The lowest BCUT2D eigenvalue weighted by Crippen LogP contribution is -2.34. The quantitative estimate of drug-likeness (QED) is 0.811. The molecule has 1 saturated carbocycles. The summed E-state index contributed by atoms with van der Waals surface area (Å²) in [6.07, 6.45) is 13.5. The first-order chi connectivity index (χ1) is 10.1. The summed E-state index contributed by atoms with van der Waals surface area (Å²) in [6, 6.07) is 0. The Morgan fingerprint density at radius 2 is 2.00 bits per heavy atom. The molecule has 2 heteroatoms. The van der Waals surface area contributed by atoms with Crippen LogP contribution < -0.4 is 0 Å². The van der Waals surface area contributed by atoms with Crippen LogP contribution in [0.1, 0.15) is 46.0 Å². The third-order valence-corrected chi connectivity index (χ3v) is 4.55. The Bertz CT molecular complexity index is 504. The molecule has 0 aromatic carbocycles. The lowest BCUT2D eigenvalue weighted by Gasteiger charge is -2.37. The zero-order chi connectivity index (χ0) is 15.4. The van der Waals surface area contributed by atoms with E-state index in [0.29, 0.717) is 5.92 Å². The van der Waals surface area contributed by atoms with Crippen molar-refractivity contribution in [3.8, 4) is 0 Å². The van der Waals surface area contributed by atoms with E-state index in [4.69, 9.17) is 0 Å². The van der Waals surface area contributed by atoms with Crippen LogP contribution in [0.2, 0.25) is 0 Å². The van der Waals surface area contributed by atoms with Crippen molar-refractivity contribution in [1.82, 2.24) is 4.90 Å². The summed E-state index contributed by atoms with van der Waals surface area (Å²) in [5, 5.41) is 11.0.